The quantitative estimate of drug-likeness (QED) is 0.845. The molecule has 0 aliphatic rings. The van der Waals surface area contributed by atoms with Crippen LogP contribution in [-0.2, 0) is 6.42 Å². The summed E-state index contributed by atoms with van der Waals surface area (Å²) in [7, 11) is 1.54. The van der Waals surface area contributed by atoms with Gasteiger partial charge in [-0.3, -0.25) is 0 Å². The summed E-state index contributed by atoms with van der Waals surface area (Å²) in [6.45, 7) is 2.11. The third kappa shape index (κ3) is 3.60. The molecule has 0 saturated carbocycles. The number of methoxy groups -OCH3 is 1. The Bertz CT molecular complexity index is 545. The fourth-order valence-corrected chi connectivity index (χ4v) is 1.99. The van der Waals surface area contributed by atoms with Crippen molar-refractivity contribution in [3.8, 4) is 5.88 Å². The molecule has 0 saturated heterocycles. The summed E-state index contributed by atoms with van der Waals surface area (Å²) in [5, 5.41) is 3.30. The van der Waals surface area contributed by atoms with Crippen molar-refractivity contribution >= 4 is 11.5 Å². The lowest BCUT2D eigenvalue weighted by Crippen LogP contribution is -2.18. The first-order valence-electron chi connectivity index (χ1n) is 6.65. The van der Waals surface area contributed by atoms with E-state index in [9.17, 15) is 0 Å². The summed E-state index contributed by atoms with van der Waals surface area (Å²) in [6, 6.07) is 10.7. The van der Waals surface area contributed by atoms with Crippen molar-refractivity contribution in [2.24, 2.45) is 0 Å². The highest BCUT2D eigenvalue weighted by molar-refractivity contribution is 5.66. The van der Waals surface area contributed by atoms with Gasteiger partial charge in [-0.2, -0.15) is 4.98 Å². The standard InChI is InChI=1S/C15H20N4O/c1-11(8-9-12-6-4-3-5-7-12)19-14-13(16)15(20-2)18-10-17-14/h3-7,10-11H,8-9,16H2,1-2H3,(H,17,18,19). The van der Waals surface area contributed by atoms with Crippen LogP contribution in [0.25, 0.3) is 0 Å². The van der Waals surface area contributed by atoms with Crippen LogP contribution < -0.4 is 15.8 Å². The maximum atomic E-state index is 5.94. The Morgan fingerprint density at radius 1 is 1.25 bits per heavy atom. The maximum Gasteiger partial charge on any atom is 0.242 e. The number of hydrogen-bond donors (Lipinski definition) is 2. The Balaban J connectivity index is 1.93. The highest BCUT2D eigenvalue weighted by Gasteiger charge is 2.10. The van der Waals surface area contributed by atoms with Gasteiger partial charge in [0, 0.05) is 6.04 Å². The molecule has 3 N–H and O–H groups in total. The molecule has 2 rings (SSSR count). The number of rotatable bonds is 6. The monoisotopic (exact) mass is 272 g/mol. The Kier molecular flexibility index (Phi) is 4.76. The van der Waals surface area contributed by atoms with Crippen molar-refractivity contribution in [1.29, 1.82) is 0 Å². The fourth-order valence-electron chi connectivity index (χ4n) is 1.99. The van der Waals surface area contributed by atoms with E-state index in [1.165, 1.54) is 11.9 Å². The third-order valence-corrected chi connectivity index (χ3v) is 3.13. The molecule has 2 aromatic rings. The Morgan fingerprint density at radius 2 is 2.00 bits per heavy atom. The van der Waals surface area contributed by atoms with Gasteiger partial charge in [-0.25, -0.2) is 4.98 Å². The highest BCUT2D eigenvalue weighted by atomic mass is 16.5. The molecular weight excluding hydrogens is 252 g/mol. The number of nitrogens with zero attached hydrogens (tertiary/aromatic N) is 2. The van der Waals surface area contributed by atoms with Gasteiger partial charge in [-0.15, -0.1) is 0 Å². The first-order chi connectivity index (χ1) is 9.70. The van der Waals surface area contributed by atoms with E-state index in [0.29, 0.717) is 17.4 Å². The van der Waals surface area contributed by atoms with Crippen molar-refractivity contribution in [2.75, 3.05) is 18.2 Å². The van der Waals surface area contributed by atoms with Gasteiger partial charge in [0.25, 0.3) is 0 Å². The smallest absolute Gasteiger partial charge is 0.242 e. The maximum absolute atomic E-state index is 5.94. The van der Waals surface area contributed by atoms with Crippen LogP contribution in [0.15, 0.2) is 36.7 Å². The van der Waals surface area contributed by atoms with Crippen LogP contribution in [0, 0.1) is 0 Å². The summed E-state index contributed by atoms with van der Waals surface area (Å²) in [5.41, 5.74) is 7.71. The number of hydrogen-bond acceptors (Lipinski definition) is 5. The summed E-state index contributed by atoms with van der Waals surface area (Å²) in [6.07, 6.45) is 3.45. The van der Waals surface area contributed by atoms with Crippen molar-refractivity contribution < 1.29 is 4.74 Å². The van der Waals surface area contributed by atoms with Gasteiger partial charge >= 0.3 is 0 Å². The summed E-state index contributed by atoms with van der Waals surface area (Å²) < 4.78 is 5.08. The molecule has 1 atom stereocenters. The summed E-state index contributed by atoms with van der Waals surface area (Å²) in [4.78, 5) is 8.11. The SMILES string of the molecule is COc1ncnc(NC(C)CCc2ccccc2)c1N. The number of aromatic nitrogens is 2. The van der Waals surface area contributed by atoms with Crippen molar-refractivity contribution in [1.82, 2.24) is 9.97 Å². The molecule has 106 valence electrons. The topological polar surface area (TPSA) is 73.1 Å². The Hall–Kier alpha value is -2.30. The molecule has 0 fully saturated rings. The molecule has 20 heavy (non-hydrogen) atoms. The van der Waals surface area contributed by atoms with Crippen LogP contribution >= 0.6 is 0 Å². The van der Waals surface area contributed by atoms with Crippen molar-refractivity contribution in [2.45, 2.75) is 25.8 Å². The second-order valence-corrected chi connectivity index (χ2v) is 4.71. The van der Waals surface area contributed by atoms with Gasteiger partial charge in [0.1, 0.15) is 12.0 Å². The van der Waals surface area contributed by atoms with Crippen LogP contribution in [0.2, 0.25) is 0 Å². The van der Waals surface area contributed by atoms with Crippen LogP contribution in [-0.4, -0.2) is 23.1 Å². The molecule has 0 bridgehead atoms. The molecule has 5 heteroatoms. The molecule has 1 aromatic heterocycles. The van der Waals surface area contributed by atoms with Gasteiger partial charge in [0.05, 0.1) is 7.11 Å². The summed E-state index contributed by atoms with van der Waals surface area (Å²) in [5.74, 6) is 1.02. The lowest BCUT2D eigenvalue weighted by molar-refractivity contribution is 0.399. The van der Waals surface area contributed by atoms with E-state index in [1.54, 1.807) is 7.11 Å². The molecule has 0 spiro atoms. The molecule has 1 heterocycles. The van der Waals surface area contributed by atoms with Gasteiger partial charge in [0.2, 0.25) is 5.88 Å². The van der Waals surface area contributed by atoms with Crippen LogP contribution in [0.3, 0.4) is 0 Å². The minimum absolute atomic E-state index is 0.261. The van der Waals surface area contributed by atoms with Gasteiger partial charge in [-0.05, 0) is 25.3 Å². The molecule has 0 amide bonds. The summed E-state index contributed by atoms with van der Waals surface area (Å²) >= 11 is 0. The lowest BCUT2D eigenvalue weighted by Gasteiger charge is -2.16. The highest BCUT2D eigenvalue weighted by Crippen LogP contribution is 2.24. The first kappa shape index (κ1) is 14.1. The largest absolute Gasteiger partial charge is 0.479 e. The number of anilines is 2. The Labute approximate surface area is 119 Å². The van der Waals surface area contributed by atoms with E-state index >= 15 is 0 Å². The lowest BCUT2D eigenvalue weighted by atomic mass is 10.1. The molecule has 1 unspecified atom stereocenters. The minimum Gasteiger partial charge on any atom is -0.479 e. The van der Waals surface area contributed by atoms with Crippen LogP contribution in [0.1, 0.15) is 18.9 Å². The zero-order valence-corrected chi connectivity index (χ0v) is 11.8. The molecule has 0 radical (unpaired) electrons. The average molecular weight is 272 g/mol. The van der Waals surface area contributed by atoms with E-state index in [-0.39, 0.29) is 6.04 Å². The second-order valence-electron chi connectivity index (χ2n) is 4.71. The number of aryl methyl sites for hydroxylation is 1. The van der Waals surface area contributed by atoms with Gasteiger partial charge in [0.15, 0.2) is 5.82 Å². The zero-order chi connectivity index (χ0) is 14.4. The molecule has 0 aliphatic heterocycles. The normalized spacial score (nSPS) is 11.9. The number of benzene rings is 1. The number of nitrogens with one attached hydrogen (secondary N) is 1. The minimum atomic E-state index is 0.261. The van der Waals surface area contributed by atoms with Crippen molar-refractivity contribution in [3.05, 3.63) is 42.2 Å². The fraction of sp³-hybridized carbons (Fsp3) is 0.333. The van der Waals surface area contributed by atoms with E-state index in [4.69, 9.17) is 10.5 Å². The van der Waals surface area contributed by atoms with E-state index in [2.05, 4.69) is 46.5 Å². The molecule has 1 aromatic carbocycles. The van der Waals surface area contributed by atoms with Gasteiger partial charge < -0.3 is 15.8 Å². The van der Waals surface area contributed by atoms with Crippen LogP contribution in [0.4, 0.5) is 11.5 Å². The predicted molar refractivity (Wildman–Crippen MR) is 80.8 cm³/mol. The first-order valence-corrected chi connectivity index (χ1v) is 6.65. The number of ether oxygens (including phenoxy) is 1. The second kappa shape index (κ2) is 6.75. The average Bonchev–Trinajstić information content (AvgIpc) is 2.48. The predicted octanol–water partition coefficient (Wildman–Crippen LogP) is 2.50. The molecule has 5 nitrogen and oxygen atoms in total. The van der Waals surface area contributed by atoms with Gasteiger partial charge in [-0.1, -0.05) is 30.3 Å². The molecular formula is C15H20N4O. The third-order valence-electron chi connectivity index (χ3n) is 3.13. The number of nitrogen functional groups attached to an aromatic ring is 1. The molecule has 0 aliphatic carbocycles. The van der Waals surface area contributed by atoms with E-state index in [0.717, 1.165) is 12.8 Å². The van der Waals surface area contributed by atoms with Crippen LogP contribution in [0.5, 0.6) is 5.88 Å². The zero-order valence-electron chi connectivity index (χ0n) is 11.8. The van der Waals surface area contributed by atoms with E-state index in [1.807, 2.05) is 6.07 Å². The number of nitrogens with two attached hydrogens (primary N) is 1. The van der Waals surface area contributed by atoms with E-state index < -0.39 is 0 Å². The van der Waals surface area contributed by atoms with Crippen molar-refractivity contribution in [3.63, 3.8) is 0 Å². The Morgan fingerprint density at radius 3 is 2.70 bits per heavy atom.